The van der Waals surface area contributed by atoms with Crippen molar-refractivity contribution >= 4 is 23.7 Å². The summed E-state index contributed by atoms with van der Waals surface area (Å²) in [5.74, 6) is 1.60. The number of amides is 3. The second-order valence-corrected chi connectivity index (χ2v) is 8.71. The molecule has 0 bridgehead atoms. The molecule has 172 valence electrons. The molecule has 1 aliphatic rings. The lowest BCUT2D eigenvalue weighted by molar-refractivity contribution is -0.120. The summed E-state index contributed by atoms with van der Waals surface area (Å²) in [6.07, 6.45) is 5.29. The van der Waals surface area contributed by atoms with Crippen LogP contribution in [0.5, 0.6) is 5.75 Å². The van der Waals surface area contributed by atoms with Gasteiger partial charge < -0.3 is 20.7 Å². The van der Waals surface area contributed by atoms with Crippen LogP contribution in [0.2, 0.25) is 0 Å². The van der Waals surface area contributed by atoms with Crippen LogP contribution < -0.4 is 20.7 Å². The first-order chi connectivity index (χ1) is 15.1. The molecule has 1 aromatic rings. The molecule has 1 heterocycles. The van der Waals surface area contributed by atoms with Crippen LogP contribution in [0.25, 0.3) is 0 Å². The Morgan fingerprint density at radius 1 is 1.16 bits per heavy atom. The van der Waals surface area contributed by atoms with Crippen molar-refractivity contribution < 1.29 is 14.3 Å². The van der Waals surface area contributed by atoms with Crippen LogP contribution in [0.1, 0.15) is 33.1 Å². The summed E-state index contributed by atoms with van der Waals surface area (Å²) >= 11 is 1.48. The zero-order chi connectivity index (χ0) is 22.3. The third kappa shape index (κ3) is 11.1. The molecule has 7 nitrogen and oxygen atoms in total. The normalized spacial score (nSPS) is 15.7. The topological polar surface area (TPSA) is 82.7 Å². The summed E-state index contributed by atoms with van der Waals surface area (Å²) in [5, 5.41) is 8.41. The van der Waals surface area contributed by atoms with E-state index in [0.717, 1.165) is 19.6 Å². The largest absolute Gasteiger partial charge is 0.467 e. The standard InChI is InChI=1S/C23H36N4O3S/c1-3-24-23(29)25-12-15-31-18-21(28)26-22(30-20-10-6-4-7-11-20)16-19(2)17-27-13-8-5-9-14-27/h4,6-7,10-11,16,22H,3,5,8-9,12-15,17-18H2,1-2H3,(H,26,28)(H2,24,25,29)/b19-16-. The van der Waals surface area contributed by atoms with E-state index in [9.17, 15) is 9.59 Å². The van der Waals surface area contributed by atoms with E-state index in [-0.39, 0.29) is 11.9 Å². The maximum absolute atomic E-state index is 12.5. The molecule has 0 radical (unpaired) electrons. The van der Waals surface area contributed by atoms with Crippen LogP contribution in [0, 0.1) is 0 Å². The third-order valence-corrected chi connectivity index (χ3v) is 5.73. The molecule has 31 heavy (non-hydrogen) atoms. The average molecular weight is 449 g/mol. The van der Waals surface area contributed by atoms with Gasteiger partial charge in [0.2, 0.25) is 5.91 Å². The van der Waals surface area contributed by atoms with Gasteiger partial charge in [-0.15, -0.1) is 0 Å². The van der Waals surface area contributed by atoms with Crippen LogP contribution in [-0.2, 0) is 4.79 Å². The van der Waals surface area contributed by atoms with Gasteiger partial charge in [0.1, 0.15) is 5.75 Å². The van der Waals surface area contributed by atoms with Crippen molar-refractivity contribution in [3.05, 3.63) is 42.0 Å². The predicted octanol–water partition coefficient (Wildman–Crippen LogP) is 2.99. The lowest BCUT2D eigenvalue weighted by Crippen LogP contribution is -2.40. The van der Waals surface area contributed by atoms with Crippen molar-refractivity contribution in [3.63, 3.8) is 0 Å². The lowest BCUT2D eigenvalue weighted by Gasteiger charge is -2.27. The van der Waals surface area contributed by atoms with E-state index in [1.54, 1.807) is 0 Å². The number of thioether (sulfide) groups is 1. The second kappa shape index (κ2) is 14.8. The van der Waals surface area contributed by atoms with Crippen molar-refractivity contribution in [2.45, 2.75) is 39.3 Å². The molecule has 1 aromatic carbocycles. The summed E-state index contributed by atoms with van der Waals surface area (Å²) in [6, 6.07) is 9.34. The predicted molar refractivity (Wildman–Crippen MR) is 127 cm³/mol. The van der Waals surface area contributed by atoms with Crippen molar-refractivity contribution in [1.82, 2.24) is 20.9 Å². The minimum absolute atomic E-state index is 0.0917. The maximum atomic E-state index is 12.5. The molecule has 0 spiro atoms. The first-order valence-corrected chi connectivity index (χ1v) is 12.2. The Hall–Kier alpha value is -2.19. The minimum atomic E-state index is -0.520. The fraction of sp³-hybridized carbons (Fsp3) is 0.565. The number of nitrogens with zero attached hydrogens (tertiary/aromatic N) is 1. The Morgan fingerprint density at radius 2 is 1.90 bits per heavy atom. The van der Waals surface area contributed by atoms with E-state index in [1.807, 2.05) is 43.3 Å². The van der Waals surface area contributed by atoms with Crippen molar-refractivity contribution in [1.29, 1.82) is 0 Å². The van der Waals surface area contributed by atoms with Gasteiger partial charge in [-0.3, -0.25) is 9.69 Å². The molecule has 8 heteroatoms. The molecule has 0 aromatic heterocycles. The molecule has 1 saturated heterocycles. The highest BCUT2D eigenvalue weighted by Crippen LogP contribution is 2.14. The number of rotatable bonds is 12. The van der Waals surface area contributed by atoms with E-state index in [2.05, 4.69) is 27.8 Å². The molecule has 1 unspecified atom stereocenters. The van der Waals surface area contributed by atoms with Gasteiger partial charge in [-0.25, -0.2) is 4.79 Å². The van der Waals surface area contributed by atoms with Gasteiger partial charge >= 0.3 is 6.03 Å². The van der Waals surface area contributed by atoms with Gasteiger partial charge in [-0.05, 0) is 58.0 Å². The van der Waals surface area contributed by atoms with Gasteiger partial charge in [0.25, 0.3) is 0 Å². The van der Waals surface area contributed by atoms with E-state index < -0.39 is 6.23 Å². The molecular formula is C23H36N4O3S. The van der Waals surface area contributed by atoms with Crippen LogP contribution in [-0.4, -0.2) is 67.3 Å². The summed E-state index contributed by atoms with van der Waals surface area (Å²) in [4.78, 5) is 26.3. The number of benzene rings is 1. The number of urea groups is 1. The van der Waals surface area contributed by atoms with E-state index >= 15 is 0 Å². The molecule has 1 fully saturated rings. The smallest absolute Gasteiger partial charge is 0.314 e. The fourth-order valence-corrected chi connectivity index (χ4v) is 4.02. The first kappa shape index (κ1) is 25.1. The maximum Gasteiger partial charge on any atom is 0.314 e. The number of carbonyl (C=O) groups excluding carboxylic acids is 2. The monoisotopic (exact) mass is 448 g/mol. The lowest BCUT2D eigenvalue weighted by atomic mass is 10.1. The number of ether oxygens (including phenoxy) is 1. The Bertz CT molecular complexity index is 693. The zero-order valence-corrected chi connectivity index (χ0v) is 19.5. The van der Waals surface area contributed by atoms with Gasteiger partial charge in [0.05, 0.1) is 5.75 Å². The summed E-state index contributed by atoms with van der Waals surface area (Å²) in [7, 11) is 0. The zero-order valence-electron chi connectivity index (χ0n) is 18.7. The highest BCUT2D eigenvalue weighted by Gasteiger charge is 2.15. The Balaban J connectivity index is 1.83. The Kier molecular flexibility index (Phi) is 11.9. The van der Waals surface area contributed by atoms with Gasteiger partial charge in [0, 0.05) is 25.4 Å². The number of likely N-dealkylation sites (tertiary alicyclic amines) is 1. The van der Waals surface area contributed by atoms with Crippen molar-refractivity contribution in [3.8, 4) is 5.75 Å². The molecule has 1 atom stereocenters. The molecule has 3 amide bonds. The molecular weight excluding hydrogens is 412 g/mol. The average Bonchev–Trinajstić information content (AvgIpc) is 2.75. The fourth-order valence-electron chi connectivity index (χ4n) is 3.36. The minimum Gasteiger partial charge on any atom is -0.467 e. The van der Waals surface area contributed by atoms with Crippen LogP contribution in [0.15, 0.2) is 42.0 Å². The van der Waals surface area contributed by atoms with Gasteiger partial charge in [0.15, 0.2) is 6.23 Å². The number of para-hydroxylation sites is 1. The highest BCUT2D eigenvalue weighted by atomic mass is 32.2. The Labute approximate surface area is 190 Å². The third-order valence-electron chi connectivity index (χ3n) is 4.77. The quantitative estimate of drug-likeness (QED) is 0.260. The molecule has 0 aliphatic carbocycles. The number of carbonyl (C=O) groups is 2. The SMILES string of the molecule is CCNC(=O)NCCSCC(=O)NC(/C=C(/C)CN1CCCCC1)Oc1ccccc1. The van der Waals surface area contributed by atoms with Gasteiger partial charge in [-0.1, -0.05) is 30.2 Å². The number of hydrogen-bond donors (Lipinski definition) is 3. The van der Waals surface area contributed by atoms with Crippen molar-refractivity contribution in [2.24, 2.45) is 0 Å². The molecule has 3 N–H and O–H groups in total. The molecule has 1 aliphatic heterocycles. The Morgan fingerprint density at radius 3 is 2.61 bits per heavy atom. The van der Waals surface area contributed by atoms with E-state index in [4.69, 9.17) is 4.74 Å². The molecule has 0 saturated carbocycles. The van der Waals surface area contributed by atoms with Crippen LogP contribution in [0.3, 0.4) is 0 Å². The van der Waals surface area contributed by atoms with E-state index in [0.29, 0.717) is 30.3 Å². The van der Waals surface area contributed by atoms with Gasteiger partial charge in [-0.2, -0.15) is 11.8 Å². The first-order valence-electron chi connectivity index (χ1n) is 11.1. The summed E-state index contributed by atoms with van der Waals surface area (Å²) < 4.78 is 6.03. The summed E-state index contributed by atoms with van der Waals surface area (Å²) in [5.41, 5.74) is 1.18. The number of hydrogen-bond acceptors (Lipinski definition) is 5. The summed E-state index contributed by atoms with van der Waals surface area (Å²) in [6.45, 7) is 8.22. The molecule has 2 rings (SSSR count). The highest BCUT2D eigenvalue weighted by molar-refractivity contribution is 7.99. The van der Waals surface area contributed by atoms with E-state index in [1.165, 1.54) is 36.6 Å². The number of piperidine rings is 1. The van der Waals surface area contributed by atoms with Crippen molar-refractivity contribution in [2.75, 3.05) is 44.2 Å². The second-order valence-electron chi connectivity index (χ2n) is 7.61. The van der Waals surface area contributed by atoms with Crippen LogP contribution in [0.4, 0.5) is 4.79 Å². The van der Waals surface area contributed by atoms with Crippen LogP contribution >= 0.6 is 11.8 Å². The number of nitrogens with one attached hydrogen (secondary N) is 3.